The van der Waals surface area contributed by atoms with E-state index >= 15 is 0 Å². The molecule has 2 rings (SSSR count). The highest BCUT2D eigenvalue weighted by molar-refractivity contribution is 5.69. The van der Waals surface area contributed by atoms with E-state index < -0.39 is 5.97 Å². The molecule has 1 aliphatic heterocycles. The van der Waals surface area contributed by atoms with E-state index in [1.54, 1.807) is 0 Å². The maximum absolute atomic E-state index is 10.9. The summed E-state index contributed by atoms with van der Waals surface area (Å²) in [5, 5.41) is 9.01. The van der Waals surface area contributed by atoms with E-state index in [1.807, 2.05) is 11.9 Å². The van der Waals surface area contributed by atoms with Gasteiger partial charge in [-0.1, -0.05) is 52.0 Å². The molecular weight excluding hydrogens is 336 g/mol. The molecule has 0 radical (unpaired) electrons. The van der Waals surface area contributed by atoms with Crippen molar-refractivity contribution < 1.29 is 9.90 Å². The summed E-state index contributed by atoms with van der Waals surface area (Å²) in [5.41, 5.74) is 3.02. The molecule has 1 saturated heterocycles. The van der Waals surface area contributed by atoms with Gasteiger partial charge in [0.25, 0.3) is 0 Å². The standard InChI is InChI=1S/C23H38N2O2/c1-18(15-19-8-10-20(11-9-19)23(2,3)4)16-25-13-6-7-21(12-14-25)24(5)17-22(26)27/h8-11,18,21H,6-7,12-17H2,1-5H3,(H,26,27). The Kier molecular flexibility index (Phi) is 7.87. The van der Waals surface area contributed by atoms with E-state index in [0.29, 0.717) is 12.0 Å². The summed E-state index contributed by atoms with van der Waals surface area (Å²) >= 11 is 0. The van der Waals surface area contributed by atoms with Gasteiger partial charge in [0.05, 0.1) is 6.54 Å². The predicted molar refractivity (Wildman–Crippen MR) is 112 cm³/mol. The maximum atomic E-state index is 10.9. The number of likely N-dealkylation sites (tertiary alicyclic amines) is 1. The number of hydrogen-bond donors (Lipinski definition) is 1. The first-order chi connectivity index (χ1) is 12.6. The average molecular weight is 375 g/mol. The van der Waals surface area contributed by atoms with Crippen LogP contribution in [0.15, 0.2) is 24.3 Å². The molecule has 1 N–H and O–H groups in total. The molecule has 2 atom stereocenters. The van der Waals surface area contributed by atoms with Crippen LogP contribution in [-0.2, 0) is 16.6 Å². The summed E-state index contributed by atoms with van der Waals surface area (Å²) in [6.45, 7) is 12.6. The second-order valence-electron chi connectivity index (χ2n) is 9.45. The third-order valence-corrected chi connectivity index (χ3v) is 5.77. The molecule has 27 heavy (non-hydrogen) atoms. The normalized spacial score (nSPS) is 20.4. The van der Waals surface area contributed by atoms with Crippen molar-refractivity contribution in [3.63, 3.8) is 0 Å². The molecule has 0 saturated carbocycles. The van der Waals surface area contributed by atoms with Gasteiger partial charge in [-0.05, 0) is 68.3 Å². The van der Waals surface area contributed by atoms with E-state index in [-0.39, 0.29) is 12.0 Å². The average Bonchev–Trinajstić information content (AvgIpc) is 2.79. The molecule has 1 heterocycles. The molecular formula is C23H38N2O2. The summed E-state index contributed by atoms with van der Waals surface area (Å²) in [7, 11) is 1.94. The summed E-state index contributed by atoms with van der Waals surface area (Å²) in [4.78, 5) is 15.5. The molecule has 1 aromatic rings. The SMILES string of the molecule is CC(Cc1ccc(C(C)(C)C)cc1)CN1CCCC(N(C)CC(=O)O)CC1. The van der Waals surface area contributed by atoms with Gasteiger partial charge < -0.3 is 10.0 Å². The number of aliphatic carboxylic acids is 1. The molecule has 1 fully saturated rings. The molecule has 4 heteroatoms. The van der Waals surface area contributed by atoms with Crippen LogP contribution >= 0.6 is 0 Å². The highest BCUT2D eigenvalue weighted by Crippen LogP contribution is 2.23. The Balaban J connectivity index is 1.82. The van der Waals surface area contributed by atoms with Crippen LogP contribution in [-0.4, -0.2) is 60.1 Å². The number of benzene rings is 1. The van der Waals surface area contributed by atoms with Crippen LogP contribution in [0, 0.1) is 5.92 Å². The zero-order chi connectivity index (χ0) is 20.0. The first kappa shape index (κ1) is 21.9. The maximum Gasteiger partial charge on any atom is 0.317 e. The van der Waals surface area contributed by atoms with Crippen LogP contribution in [0.2, 0.25) is 0 Å². The van der Waals surface area contributed by atoms with Crippen LogP contribution in [0.5, 0.6) is 0 Å². The van der Waals surface area contributed by atoms with Gasteiger partial charge in [-0.3, -0.25) is 9.69 Å². The van der Waals surface area contributed by atoms with Gasteiger partial charge in [0.15, 0.2) is 0 Å². The Morgan fingerprint density at radius 1 is 1.22 bits per heavy atom. The van der Waals surface area contributed by atoms with E-state index in [0.717, 1.165) is 45.3 Å². The molecule has 2 unspecified atom stereocenters. The highest BCUT2D eigenvalue weighted by Gasteiger charge is 2.22. The second kappa shape index (κ2) is 9.70. The summed E-state index contributed by atoms with van der Waals surface area (Å²) in [6.07, 6.45) is 4.44. The topological polar surface area (TPSA) is 43.8 Å². The third-order valence-electron chi connectivity index (χ3n) is 5.77. The Morgan fingerprint density at radius 2 is 1.89 bits per heavy atom. The molecule has 4 nitrogen and oxygen atoms in total. The number of hydrogen-bond acceptors (Lipinski definition) is 3. The van der Waals surface area contributed by atoms with Gasteiger partial charge in [0.1, 0.15) is 0 Å². The van der Waals surface area contributed by atoms with Gasteiger partial charge in [-0.15, -0.1) is 0 Å². The van der Waals surface area contributed by atoms with Crippen molar-refractivity contribution in [3.05, 3.63) is 35.4 Å². The van der Waals surface area contributed by atoms with E-state index in [9.17, 15) is 4.79 Å². The minimum absolute atomic E-state index is 0.144. The molecule has 0 aromatic heterocycles. The first-order valence-electron chi connectivity index (χ1n) is 10.4. The van der Waals surface area contributed by atoms with Crippen LogP contribution in [0.1, 0.15) is 58.1 Å². The molecule has 152 valence electrons. The van der Waals surface area contributed by atoms with Crippen molar-refractivity contribution >= 4 is 5.97 Å². The Bertz CT molecular complexity index is 591. The van der Waals surface area contributed by atoms with Crippen LogP contribution in [0.25, 0.3) is 0 Å². The highest BCUT2D eigenvalue weighted by atomic mass is 16.4. The summed E-state index contributed by atoms with van der Waals surface area (Å²) < 4.78 is 0. The van der Waals surface area contributed by atoms with Gasteiger partial charge in [0, 0.05) is 12.6 Å². The number of carboxylic acids is 1. The second-order valence-corrected chi connectivity index (χ2v) is 9.45. The molecule has 0 amide bonds. The number of likely N-dealkylation sites (N-methyl/N-ethyl adjacent to an activating group) is 1. The van der Waals surface area contributed by atoms with Crippen LogP contribution in [0.3, 0.4) is 0 Å². The van der Waals surface area contributed by atoms with Gasteiger partial charge in [-0.2, -0.15) is 0 Å². The quantitative estimate of drug-likeness (QED) is 0.782. The Morgan fingerprint density at radius 3 is 2.48 bits per heavy atom. The fourth-order valence-electron chi connectivity index (χ4n) is 4.15. The lowest BCUT2D eigenvalue weighted by molar-refractivity contribution is -0.138. The number of carbonyl (C=O) groups is 1. The van der Waals surface area contributed by atoms with Crippen molar-refractivity contribution in [1.82, 2.24) is 9.80 Å². The van der Waals surface area contributed by atoms with Gasteiger partial charge in [-0.25, -0.2) is 0 Å². The Labute approximate surface area is 165 Å². The molecule has 0 spiro atoms. The zero-order valence-electron chi connectivity index (χ0n) is 17.9. The van der Waals surface area contributed by atoms with Crippen LogP contribution < -0.4 is 0 Å². The lowest BCUT2D eigenvalue weighted by atomic mass is 9.86. The summed E-state index contributed by atoms with van der Waals surface area (Å²) in [5.74, 6) is -0.108. The smallest absolute Gasteiger partial charge is 0.317 e. The first-order valence-corrected chi connectivity index (χ1v) is 10.4. The molecule has 0 bridgehead atoms. The lowest BCUT2D eigenvalue weighted by Crippen LogP contribution is -2.37. The van der Waals surface area contributed by atoms with Crippen molar-refractivity contribution in [2.45, 2.75) is 64.8 Å². The van der Waals surface area contributed by atoms with E-state index in [1.165, 1.54) is 11.1 Å². The Hall–Kier alpha value is -1.39. The number of nitrogens with zero attached hydrogens (tertiary/aromatic N) is 2. The monoisotopic (exact) mass is 374 g/mol. The largest absolute Gasteiger partial charge is 0.480 e. The lowest BCUT2D eigenvalue weighted by Gasteiger charge is -2.26. The van der Waals surface area contributed by atoms with E-state index in [4.69, 9.17) is 5.11 Å². The fraction of sp³-hybridized carbons (Fsp3) is 0.696. The summed E-state index contributed by atoms with van der Waals surface area (Å²) in [6, 6.07) is 9.52. The minimum atomic E-state index is -0.732. The fourth-order valence-corrected chi connectivity index (χ4v) is 4.15. The predicted octanol–water partition coefficient (Wildman–Crippen LogP) is 4.03. The van der Waals surface area contributed by atoms with E-state index in [2.05, 4.69) is 56.9 Å². The van der Waals surface area contributed by atoms with Gasteiger partial charge >= 0.3 is 5.97 Å². The van der Waals surface area contributed by atoms with Crippen molar-refractivity contribution in [3.8, 4) is 0 Å². The molecule has 1 aromatic carbocycles. The number of rotatable bonds is 7. The molecule has 0 aliphatic carbocycles. The van der Waals surface area contributed by atoms with Crippen molar-refractivity contribution in [2.24, 2.45) is 5.92 Å². The third kappa shape index (κ3) is 7.27. The van der Waals surface area contributed by atoms with Crippen LogP contribution in [0.4, 0.5) is 0 Å². The minimum Gasteiger partial charge on any atom is -0.480 e. The van der Waals surface area contributed by atoms with Crippen molar-refractivity contribution in [2.75, 3.05) is 33.2 Å². The van der Waals surface area contributed by atoms with Gasteiger partial charge in [0.2, 0.25) is 0 Å². The molecule has 1 aliphatic rings. The zero-order valence-corrected chi connectivity index (χ0v) is 17.9. The van der Waals surface area contributed by atoms with Crippen molar-refractivity contribution in [1.29, 1.82) is 0 Å². The number of carboxylic acid groups (broad SMARTS) is 1.